The van der Waals surface area contributed by atoms with Gasteiger partial charge in [0.25, 0.3) is 5.82 Å². The van der Waals surface area contributed by atoms with Gasteiger partial charge in [0, 0.05) is 12.3 Å². The molecule has 0 unspecified atom stereocenters. The summed E-state index contributed by atoms with van der Waals surface area (Å²) in [7, 11) is 0. The van der Waals surface area contributed by atoms with Gasteiger partial charge in [-0.25, -0.2) is 9.55 Å². The fourth-order valence-electron chi connectivity index (χ4n) is 3.48. The zero-order chi connectivity index (χ0) is 19.6. The molecule has 0 aliphatic carbocycles. The normalized spacial score (nSPS) is 24.7. The molecule has 27 heavy (non-hydrogen) atoms. The van der Waals surface area contributed by atoms with Gasteiger partial charge in [-0.05, 0) is 12.0 Å². The van der Waals surface area contributed by atoms with Crippen molar-refractivity contribution in [3.8, 4) is 0 Å². The Morgan fingerprint density at radius 3 is 2.52 bits per heavy atom. The average Bonchev–Trinajstić information content (AvgIpc) is 3.08. The number of hydrogen-bond donors (Lipinski definition) is 5. The SMILES string of the molecule is CC(C)C(=O)N[C@H]1c2[nH]c(CCc3ccccc3)c[n+]2[C@H](CO)[C@@H](O)[C@@H]1O. The van der Waals surface area contributed by atoms with E-state index in [0.29, 0.717) is 5.82 Å². The Morgan fingerprint density at radius 2 is 1.89 bits per heavy atom. The molecule has 0 saturated heterocycles. The van der Waals surface area contributed by atoms with E-state index in [1.165, 1.54) is 5.56 Å². The summed E-state index contributed by atoms with van der Waals surface area (Å²) in [5.74, 6) is 0.135. The van der Waals surface area contributed by atoms with E-state index in [2.05, 4.69) is 22.4 Å². The first-order valence-electron chi connectivity index (χ1n) is 9.36. The van der Waals surface area contributed by atoms with Gasteiger partial charge in [0.1, 0.15) is 24.1 Å². The van der Waals surface area contributed by atoms with Crippen LogP contribution in [-0.2, 0) is 17.6 Å². The lowest BCUT2D eigenvalue weighted by Crippen LogP contribution is -2.62. The standard InChI is InChI=1S/C20H27N3O4/c1-12(2)20(27)22-16-18(26)17(25)15(11-24)23-10-14(21-19(16)23)9-8-13-6-4-3-5-7-13/h3-7,10,12,15-18,24-26H,8-9,11H2,1-2H3,(H,22,27)/p+1/t15-,16-,17-,18-/m1/s1. The van der Waals surface area contributed by atoms with Crippen molar-refractivity contribution in [2.75, 3.05) is 6.61 Å². The molecule has 1 aliphatic heterocycles. The minimum Gasteiger partial charge on any atom is -0.392 e. The number of rotatable bonds is 6. The smallest absolute Gasteiger partial charge is 0.280 e. The molecule has 7 heteroatoms. The lowest BCUT2D eigenvalue weighted by molar-refractivity contribution is -0.747. The van der Waals surface area contributed by atoms with Crippen molar-refractivity contribution >= 4 is 5.91 Å². The summed E-state index contributed by atoms with van der Waals surface area (Å²) < 4.78 is 1.74. The Labute approximate surface area is 158 Å². The number of hydrogen-bond acceptors (Lipinski definition) is 4. The number of amides is 1. The molecule has 4 atom stereocenters. The number of carbonyl (C=O) groups excluding carboxylic acids is 1. The number of H-pyrrole nitrogens is 1. The topological polar surface area (TPSA) is 109 Å². The van der Waals surface area contributed by atoms with Gasteiger partial charge in [-0.3, -0.25) is 4.79 Å². The highest BCUT2D eigenvalue weighted by molar-refractivity contribution is 5.78. The Balaban J connectivity index is 1.87. The number of aliphatic hydroxyl groups excluding tert-OH is 3. The molecular weight excluding hydrogens is 346 g/mol. The molecule has 2 heterocycles. The van der Waals surface area contributed by atoms with Crippen LogP contribution in [0.2, 0.25) is 0 Å². The van der Waals surface area contributed by atoms with Crippen molar-refractivity contribution in [3.05, 3.63) is 53.6 Å². The highest BCUT2D eigenvalue weighted by atomic mass is 16.3. The van der Waals surface area contributed by atoms with Crippen LogP contribution in [0.4, 0.5) is 0 Å². The average molecular weight is 374 g/mol. The van der Waals surface area contributed by atoms with Crippen molar-refractivity contribution in [3.63, 3.8) is 0 Å². The number of aromatic amines is 1. The van der Waals surface area contributed by atoms with E-state index < -0.39 is 24.3 Å². The molecule has 0 radical (unpaired) electrons. The fraction of sp³-hybridized carbons (Fsp3) is 0.500. The number of benzene rings is 1. The van der Waals surface area contributed by atoms with Crippen molar-refractivity contribution in [2.24, 2.45) is 5.92 Å². The van der Waals surface area contributed by atoms with E-state index >= 15 is 0 Å². The first-order chi connectivity index (χ1) is 12.9. The summed E-state index contributed by atoms with van der Waals surface area (Å²) in [6.07, 6.45) is 1.04. The quantitative estimate of drug-likeness (QED) is 0.464. The largest absolute Gasteiger partial charge is 0.392 e. The molecule has 146 valence electrons. The van der Waals surface area contributed by atoms with Crippen LogP contribution >= 0.6 is 0 Å². The minimum absolute atomic E-state index is 0.208. The summed E-state index contributed by atoms with van der Waals surface area (Å²) in [4.78, 5) is 15.4. The zero-order valence-corrected chi connectivity index (χ0v) is 15.7. The van der Waals surface area contributed by atoms with Crippen LogP contribution < -0.4 is 9.88 Å². The lowest BCUT2D eigenvalue weighted by atomic mass is 9.93. The molecule has 5 N–H and O–H groups in total. The highest BCUT2D eigenvalue weighted by Crippen LogP contribution is 2.27. The second kappa shape index (κ2) is 8.21. The van der Waals surface area contributed by atoms with Crippen molar-refractivity contribution in [1.29, 1.82) is 0 Å². The predicted octanol–water partition coefficient (Wildman–Crippen LogP) is 0.169. The summed E-state index contributed by atoms with van der Waals surface area (Å²) in [6.45, 7) is 3.23. The van der Waals surface area contributed by atoms with Crippen molar-refractivity contribution in [2.45, 2.75) is 51.0 Å². The third kappa shape index (κ3) is 4.05. The molecular formula is C20H28N3O4+. The third-order valence-corrected chi connectivity index (χ3v) is 5.13. The predicted molar refractivity (Wildman–Crippen MR) is 98.7 cm³/mol. The van der Waals surface area contributed by atoms with Crippen molar-refractivity contribution in [1.82, 2.24) is 10.3 Å². The Hall–Kier alpha value is -2.22. The number of imidazole rings is 1. The Morgan fingerprint density at radius 1 is 1.19 bits per heavy atom. The van der Waals surface area contributed by atoms with Gasteiger partial charge >= 0.3 is 0 Å². The number of aliphatic hydroxyl groups is 3. The first-order valence-corrected chi connectivity index (χ1v) is 9.36. The molecule has 1 aliphatic rings. The van der Waals surface area contributed by atoms with Crippen LogP contribution in [0.1, 0.15) is 43.0 Å². The van der Waals surface area contributed by atoms with Crippen molar-refractivity contribution < 1.29 is 24.7 Å². The van der Waals surface area contributed by atoms with E-state index in [9.17, 15) is 20.1 Å². The maximum absolute atomic E-state index is 12.2. The molecule has 1 aromatic heterocycles. The number of aryl methyl sites for hydroxylation is 2. The zero-order valence-electron chi connectivity index (χ0n) is 15.7. The number of carbonyl (C=O) groups is 1. The molecule has 1 amide bonds. The molecule has 2 aromatic rings. The first kappa shape index (κ1) is 19.5. The number of nitrogens with zero attached hydrogens (tertiary/aromatic N) is 1. The Bertz CT molecular complexity index is 775. The van der Waals surface area contributed by atoms with Gasteiger partial charge in [-0.15, -0.1) is 0 Å². The second-order valence-corrected chi connectivity index (χ2v) is 7.43. The number of nitrogens with one attached hydrogen (secondary N) is 2. The van der Waals surface area contributed by atoms with Crippen LogP contribution in [0, 0.1) is 5.92 Å². The fourth-order valence-corrected chi connectivity index (χ4v) is 3.48. The second-order valence-electron chi connectivity index (χ2n) is 7.43. The molecule has 7 nitrogen and oxygen atoms in total. The molecule has 0 fully saturated rings. The highest BCUT2D eigenvalue weighted by Gasteiger charge is 2.48. The van der Waals surface area contributed by atoms with Crippen LogP contribution in [-0.4, -0.2) is 45.0 Å². The molecule has 1 aromatic carbocycles. The monoisotopic (exact) mass is 374 g/mol. The van der Waals surface area contributed by atoms with E-state index in [-0.39, 0.29) is 18.4 Å². The van der Waals surface area contributed by atoms with E-state index in [0.717, 1.165) is 18.5 Å². The van der Waals surface area contributed by atoms with Gasteiger partial charge in [-0.1, -0.05) is 44.2 Å². The van der Waals surface area contributed by atoms with Gasteiger partial charge in [0.05, 0.1) is 6.61 Å². The summed E-state index contributed by atoms with van der Waals surface area (Å²) in [6, 6.07) is 8.67. The molecule has 0 saturated carbocycles. The molecule has 3 rings (SSSR count). The summed E-state index contributed by atoms with van der Waals surface area (Å²) >= 11 is 0. The number of fused-ring (bicyclic) bond motifs is 1. The maximum Gasteiger partial charge on any atom is 0.280 e. The van der Waals surface area contributed by atoms with Gasteiger partial charge in [0.2, 0.25) is 5.91 Å². The minimum atomic E-state index is -1.20. The van der Waals surface area contributed by atoms with Crippen LogP contribution in [0.3, 0.4) is 0 Å². The third-order valence-electron chi connectivity index (χ3n) is 5.13. The van der Waals surface area contributed by atoms with Gasteiger partial charge in [-0.2, -0.15) is 0 Å². The Kier molecular flexibility index (Phi) is 5.94. The summed E-state index contributed by atoms with van der Waals surface area (Å²) in [5, 5.41) is 33.5. The van der Waals surface area contributed by atoms with Gasteiger partial charge < -0.3 is 20.6 Å². The van der Waals surface area contributed by atoms with E-state index in [1.54, 1.807) is 18.4 Å². The van der Waals surface area contributed by atoms with E-state index in [4.69, 9.17) is 0 Å². The lowest BCUT2D eigenvalue weighted by Gasteiger charge is -2.33. The van der Waals surface area contributed by atoms with Crippen LogP contribution in [0.25, 0.3) is 0 Å². The maximum atomic E-state index is 12.2. The molecule has 0 spiro atoms. The van der Waals surface area contributed by atoms with E-state index in [1.807, 2.05) is 24.4 Å². The van der Waals surface area contributed by atoms with Crippen LogP contribution in [0.15, 0.2) is 36.5 Å². The number of aromatic nitrogens is 2. The summed E-state index contributed by atoms with van der Waals surface area (Å²) in [5.41, 5.74) is 2.12. The van der Waals surface area contributed by atoms with Gasteiger partial charge in [0.15, 0.2) is 12.1 Å². The van der Waals surface area contributed by atoms with Crippen LogP contribution in [0.5, 0.6) is 0 Å². The molecule has 0 bridgehead atoms.